The van der Waals surface area contributed by atoms with E-state index in [1.54, 1.807) is 18.3 Å². The molecule has 61 valence electrons. The highest BCUT2D eigenvalue weighted by Crippen LogP contribution is 2.32. The summed E-state index contributed by atoms with van der Waals surface area (Å²) in [6.07, 6.45) is 3.42. The van der Waals surface area contributed by atoms with Crippen molar-refractivity contribution in [1.29, 1.82) is 0 Å². The second-order valence-corrected chi connectivity index (χ2v) is 4.44. The van der Waals surface area contributed by atoms with Crippen molar-refractivity contribution in [3.63, 3.8) is 0 Å². The predicted molar refractivity (Wildman–Crippen MR) is 52.2 cm³/mol. The summed E-state index contributed by atoms with van der Waals surface area (Å²) in [5.41, 5.74) is 5.32. The van der Waals surface area contributed by atoms with Crippen LogP contribution in [0.1, 0.15) is 5.56 Å². The lowest BCUT2D eigenvalue weighted by Gasteiger charge is -1.90. The first-order chi connectivity index (χ1) is 5.77. The summed E-state index contributed by atoms with van der Waals surface area (Å²) in [7, 11) is 0. The van der Waals surface area contributed by atoms with Crippen molar-refractivity contribution >= 4 is 40.3 Å². The third-order valence-corrected chi connectivity index (χ3v) is 2.88. The number of rotatable bonds is 1. The first-order valence-electron chi connectivity index (χ1n) is 3.17. The topological polar surface area (TPSA) is 26.5 Å². The molecule has 0 aliphatic carbocycles. The minimum Gasteiger partial charge on any atom is -0.158 e. The first kappa shape index (κ1) is 8.10. The fourth-order valence-electron chi connectivity index (χ4n) is 0.891. The van der Waals surface area contributed by atoms with E-state index in [0.717, 1.165) is 11.3 Å². The summed E-state index contributed by atoms with van der Waals surface area (Å²) < 4.78 is 1.32. The molecule has 0 unspecified atom stereocenters. The standard InChI is InChI=1S/C7H3Cl2N2S/c8-6-3-4(7(9)12-6)5-1-2-10-11-5/h1-3H. The quantitative estimate of drug-likeness (QED) is 0.692. The molecule has 0 amide bonds. The number of hydrogen-bond donors (Lipinski definition) is 0. The zero-order valence-corrected chi connectivity index (χ0v) is 8.12. The number of hydrogen-bond acceptors (Lipinski definition) is 2. The van der Waals surface area contributed by atoms with Gasteiger partial charge in [-0.1, -0.05) is 23.2 Å². The number of thiophene rings is 1. The molecular weight excluding hydrogens is 215 g/mol. The van der Waals surface area contributed by atoms with Gasteiger partial charge in [-0.05, 0) is 12.1 Å². The Hall–Kier alpha value is -0.510. The Balaban J connectivity index is 2.45. The van der Waals surface area contributed by atoms with Crippen LogP contribution < -0.4 is 5.43 Å². The predicted octanol–water partition coefficient (Wildman–Crippen LogP) is 2.89. The van der Waals surface area contributed by atoms with Crippen molar-refractivity contribution in [2.45, 2.75) is 0 Å². The molecule has 0 saturated carbocycles. The Labute approximate surface area is 83.5 Å². The lowest BCUT2D eigenvalue weighted by molar-refractivity contribution is 0.972. The van der Waals surface area contributed by atoms with E-state index >= 15 is 0 Å². The first-order valence-corrected chi connectivity index (χ1v) is 4.74. The molecule has 1 radical (unpaired) electrons. The van der Waals surface area contributed by atoms with Gasteiger partial charge in [-0.25, -0.2) is 0 Å². The maximum absolute atomic E-state index is 5.90. The molecule has 0 saturated heterocycles. The van der Waals surface area contributed by atoms with Crippen LogP contribution in [-0.2, 0) is 0 Å². The molecule has 0 aromatic carbocycles. The van der Waals surface area contributed by atoms with Crippen molar-refractivity contribution in [3.05, 3.63) is 32.6 Å². The summed E-state index contributed by atoms with van der Waals surface area (Å²) in [5.74, 6) is 0. The fraction of sp³-hybridized carbons (Fsp3) is 0. The molecule has 1 aliphatic heterocycles. The molecule has 2 heterocycles. The average Bonchev–Trinajstić information content (AvgIpc) is 2.58. The van der Waals surface area contributed by atoms with Crippen LogP contribution in [0.5, 0.6) is 0 Å². The van der Waals surface area contributed by atoms with Crippen LogP contribution in [0.4, 0.5) is 0 Å². The van der Waals surface area contributed by atoms with E-state index in [-0.39, 0.29) is 0 Å². The summed E-state index contributed by atoms with van der Waals surface area (Å²) >= 11 is 13.0. The van der Waals surface area contributed by atoms with E-state index in [9.17, 15) is 0 Å². The number of nitrogens with zero attached hydrogens (tertiary/aromatic N) is 2. The van der Waals surface area contributed by atoms with Crippen molar-refractivity contribution in [1.82, 2.24) is 5.43 Å². The van der Waals surface area contributed by atoms with Crippen LogP contribution >= 0.6 is 34.5 Å². The lowest BCUT2D eigenvalue weighted by Crippen LogP contribution is -1.91. The second-order valence-electron chi connectivity index (χ2n) is 2.15. The van der Waals surface area contributed by atoms with Crippen LogP contribution in [0.25, 0.3) is 0 Å². The van der Waals surface area contributed by atoms with Gasteiger partial charge in [-0.15, -0.1) is 11.3 Å². The summed E-state index contributed by atoms with van der Waals surface area (Å²) in [4.78, 5) is 0. The van der Waals surface area contributed by atoms with Gasteiger partial charge in [0.25, 0.3) is 0 Å². The molecule has 2 nitrogen and oxygen atoms in total. The molecule has 0 atom stereocenters. The van der Waals surface area contributed by atoms with Crippen LogP contribution in [0, 0.1) is 0 Å². The lowest BCUT2D eigenvalue weighted by atomic mass is 10.2. The van der Waals surface area contributed by atoms with E-state index in [0.29, 0.717) is 8.67 Å². The Morgan fingerprint density at radius 1 is 1.33 bits per heavy atom. The molecule has 1 aromatic heterocycles. The van der Waals surface area contributed by atoms with Crippen LogP contribution in [-0.4, -0.2) is 5.71 Å². The highest BCUT2D eigenvalue weighted by molar-refractivity contribution is 7.20. The monoisotopic (exact) mass is 217 g/mol. The van der Waals surface area contributed by atoms with Crippen molar-refractivity contribution in [2.75, 3.05) is 0 Å². The van der Waals surface area contributed by atoms with E-state index < -0.39 is 0 Å². The van der Waals surface area contributed by atoms with Gasteiger partial charge in [0.2, 0.25) is 0 Å². The highest BCUT2D eigenvalue weighted by Gasteiger charge is 2.12. The van der Waals surface area contributed by atoms with E-state index in [1.807, 2.05) is 0 Å². The molecule has 0 fully saturated rings. The van der Waals surface area contributed by atoms with E-state index in [2.05, 4.69) is 10.5 Å². The molecule has 1 aromatic rings. The molecule has 2 rings (SSSR count). The molecule has 5 heteroatoms. The molecular formula is C7H3Cl2N2S. The average molecular weight is 218 g/mol. The van der Waals surface area contributed by atoms with Crippen LogP contribution in [0.15, 0.2) is 23.4 Å². The number of allylic oxidation sites excluding steroid dienone is 1. The van der Waals surface area contributed by atoms with Gasteiger partial charge in [0.1, 0.15) is 4.34 Å². The minimum atomic E-state index is 0.653. The van der Waals surface area contributed by atoms with Crippen LogP contribution in [0.3, 0.4) is 0 Å². The van der Waals surface area contributed by atoms with Crippen molar-refractivity contribution in [3.8, 4) is 0 Å². The van der Waals surface area contributed by atoms with Gasteiger partial charge >= 0.3 is 0 Å². The van der Waals surface area contributed by atoms with Gasteiger partial charge in [-0.3, -0.25) is 0 Å². The van der Waals surface area contributed by atoms with E-state index in [4.69, 9.17) is 23.2 Å². The Bertz CT molecular complexity index is 367. The SMILES string of the molecule is Clc1cc(C2=N[N]C=C2)c(Cl)s1. The molecule has 1 aliphatic rings. The van der Waals surface area contributed by atoms with Gasteiger partial charge in [-0.2, -0.15) is 10.5 Å². The zero-order chi connectivity index (χ0) is 8.55. The van der Waals surface area contributed by atoms with Crippen molar-refractivity contribution < 1.29 is 0 Å². The zero-order valence-electron chi connectivity index (χ0n) is 5.79. The Morgan fingerprint density at radius 3 is 2.67 bits per heavy atom. The van der Waals surface area contributed by atoms with Gasteiger partial charge in [0.05, 0.1) is 16.2 Å². The largest absolute Gasteiger partial charge is 0.158 e. The van der Waals surface area contributed by atoms with Gasteiger partial charge < -0.3 is 0 Å². The Kier molecular flexibility index (Phi) is 2.09. The number of halogens is 2. The summed E-state index contributed by atoms with van der Waals surface area (Å²) in [6, 6.07) is 1.79. The van der Waals surface area contributed by atoms with Gasteiger partial charge in [0.15, 0.2) is 0 Å². The molecule has 0 bridgehead atoms. The third-order valence-electron chi connectivity index (χ3n) is 1.40. The summed E-state index contributed by atoms with van der Waals surface area (Å²) in [5, 5.41) is 3.87. The molecule has 12 heavy (non-hydrogen) atoms. The maximum atomic E-state index is 5.90. The minimum absolute atomic E-state index is 0.653. The normalized spacial score (nSPS) is 14.7. The smallest absolute Gasteiger partial charge is 0.104 e. The maximum Gasteiger partial charge on any atom is 0.104 e. The highest BCUT2D eigenvalue weighted by atomic mass is 35.5. The molecule has 0 N–H and O–H groups in total. The van der Waals surface area contributed by atoms with Crippen molar-refractivity contribution in [2.24, 2.45) is 5.10 Å². The fourth-order valence-corrected chi connectivity index (χ4v) is 2.37. The van der Waals surface area contributed by atoms with Gasteiger partial charge in [0, 0.05) is 5.56 Å². The summed E-state index contributed by atoms with van der Waals surface area (Å²) in [6.45, 7) is 0. The van der Waals surface area contributed by atoms with Crippen LogP contribution in [0.2, 0.25) is 8.67 Å². The second kappa shape index (κ2) is 3.09. The third kappa shape index (κ3) is 1.35. The molecule has 0 spiro atoms. The Morgan fingerprint density at radius 2 is 2.17 bits per heavy atom. The van der Waals surface area contributed by atoms with E-state index in [1.165, 1.54) is 11.3 Å².